The van der Waals surface area contributed by atoms with Gasteiger partial charge in [-0.2, -0.15) is 0 Å². The van der Waals surface area contributed by atoms with Crippen LogP contribution in [0.5, 0.6) is 0 Å². The third kappa shape index (κ3) is 3.32. The van der Waals surface area contributed by atoms with Gasteiger partial charge in [-0.25, -0.2) is 0 Å². The minimum Gasteiger partial charge on any atom is -0.468 e. The van der Waals surface area contributed by atoms with Crippen LogP contribution in [-0.2, 0) is 19.1 Å². The Bertz CT molecular complexity index is 873. The summed E-state index contributed by atoms with van der Waals surface area (Å²) < 4.78 is 5.25. The standard InChI is InChI=1S/C24H32N2O4S/c1-5-15(3)31-17-11-9-16(10-12-17)20-18-19(22(28)25(6-2)21(18)27)24(23(29)30-4)13-7-8-14-26(20)24/h9-12,15,18-20H,5-8,13-14H2,1-4H3/t15?,18?,19?,20?,24-/m0/s1. The number of carbonyl (C=O) groups excluding carboxylic acids is 3. The van der Waals surface area contributed by atoms with Crippen molar-refractivity contribution in [1.82, 2.24) is 9.80 Å². The fourth-order valence-corrected chi connectivity index (χ4v) is 6.71. The molecule has 0 aromatic heterocycles. The smallest absolute Gasteiger partial charge is 0.327 e. The predicted molar refractivity (Wildman–Crippen MR) is 119 cm³/mol. The van der Waals surface area contributed by atoms with E-state index in [4.69, 9.17) is 4.74 Å². The lowest BCUT2D eigenvalue weighted by Crippen LogP contribution is -2.59. The molecule has 3 fully saturated rings. The van der Waals surface area contributed by atoms with Crippen molar-refractivity contribution in [1.29, 1.82) is 0 Å². The SMILES string of the molecule is CCC(C)Sc1ccc(C2C3C(=O)N(CC)C(=O)C3[C@]3(C(=O)OC)CCCCN23)cc1. The van der Waals surface area contributed by atoms with Crippen LogP contribution in [0.15, 0.2) is 29.2 Å². The molecule has 0 aliphatic carbocycles. The first kappa shape index (κ1) is 22.3. The zero-order chi connectivity index (χ0) is 22.3. The topological polar surface area (TPSA) is 66.9 Å². The Morgan fingerprint density at radius 3 is 2.52 bits per heavy atom. The lowest BCUT2D eigenvalue weighted by Gasteiger charge is -2.44. The number of thioether (sulfide) groups is 1. The number of ether oxygens (including phenoxy) is 1. The van der Waals surface area contributed by atoms with Crippen molar-refractivity contribution < 1.29 is 19.1 Å². The van der Waals surface area contributed by atoms with Crippen LogP contribution in [0.1, 0.15) is 58.1 Å². The van der Waals surface area contributed by atoms with Gasteiger partial charge in [0.15, 0.2) is 0 Å². The summed E-state index contributed by atoms with van der Waals surface area (Å²) in [4.78, 5) is 44.6. The molecule has 2 amide bonds. The number of nitrogens with zero attached hydrogens (tertiary/aromatic N) is 2. The Morgan fingerprint density at radius 1 is 1.19 bits per heavy atom. The van der Waals surface area contributed by atoms with E-state index in [2.05, 4.69) is 43.0 Å². The number of imide groups is 1. The van der Waals surface area contributed by atoms with E-state index in [1.165, 1.54) is 16.9 Å². The Hall–Kier alpha value is -1.86. The van der Waals surface area contributed by atoms with E-state index < -0.39 is 17.4 Å². The third-order valence-corrected chi connectivity index (χ3v) is 8.62. The van der Waals surface area contributed by atoms with Crippen molar-refractivity contribution in [2.45, 2.75) is 68.2 Å². The van der Waals surface area contributed by atoms with Crippen LogP contribution in [-0.4, -0.2) is 58.6 Å². The van der Waals surface area contributed by atoms with E-state index in [-0.39, 0.29) is 23.8 Å². The molecule has 6 nitrogen and oxygen atoms in total. The van der Waals surface area contributed by atoms with Crippen LogP contribution in [0, 0.1) is 11.8 Å². The Morgan fingerprint density at radius 2 is 1.90 bits per heavy atom. The molecular weight excluding hydrogens is 412 g/mol. The number of hydrogen-bond acceptors (Lipinski definition) is 6. The number of likely N-dealkylation sites (tertiary alicyclic amines) is 1. The third-order valence-electron chi connectivity index (χ3n) is 7.34. The van der Waals surface area contributed by atoms with Gasteiger partial charge >= 0.3 is 5.97 Å². The highest BCUT2D eigenvalue weighted by atomic mass is 32.2. The maximum absolute atomic E-state index is 13.4. The second-order valence-electron chi connectivity index (χ2n) is 8.84. The van der Waals surface area contributed by atoms with Crippen molar-refractivity contribution in [2.24, 2.45) is 11.8 Å². The first-order chi connectivity index (χ1) is 14.9. The minimum absolute atomic E-state index is 0.154. The maximum atomic E-state index is 13.4. The molecule has 31 heavy (non-hydrogen) atoms. The van der Waals surface area contributed by atoms with Crippen LogP contribution >= 0.6 is 11.8 Å². The van der Waals surface area contributed by atoms with E-state index in [1.807, 2.05) is 18.7 Å². The first-order valence-corrected chi connectivity index (χ1v) is 12.3. The van der Waals surface area contributed by atoms with E-state index in [9.17, 15) is 14.4 Å². The zero-order valence-electron chi connectivity index (χ0n) is 18.8. The number of rotatable bonds is 6. The molecule has 3 aliphatic heterocycles. The van der Waals surface area contributed by atoms with Gasteiger partial charge in [0.05, 0.1) is 18.9 Å². The highest BCUT2D eigenvalue weighted by molar-refractivity contribution is 7.99. The van der Waals surface area contributed by atoms with Gasteiger partial charge in [-0.05, 0) is 56.8 Å². The zero-order valence-corrected chi connectivity index (χ0v) is 19.6. The number of esters is 1. The van der Waals surface area contributed by atoms with Crippen molar-refractivity contribution in [3.8, 4) is 0 Å². The Balaban J connectivity index is 1.79. The van der Waals surface area contributed by atoms with Crippen LogP contribution in [0.3, 0.4) is 0 Å². The first-order valence-electron chi connectivity index (χ1n) is 11.4. The number of amides is 2. The van der Waals surface area contributed by atoms with Gasteiger partial charge < -0.3 is 4.74 Å². The number of fused-ring (bicyclic) bond motifs is 3. The monoisotopic (exact) mass is 444 g/mol. The van der Waals surface area contributed by atoms with Crippen LogP contribution in [0.2, 0.25) is 0 Å². The molecule has 0 spiro atoms. The molecule has 1 aromatic rings. The normalized spacial score (nSPS) is 31.5. The van der Waals surface area contributed by atoms with Gasteiger partial charge in [0.1, 0.15) is 5.54 Å². The van der Waals surface area contributed by atoms with E-state index in [0.29, 0.717) is 24.8 Å². The molecule has 7 heteroatoms. The number of benzene rings is 1. The highest BCUT2D eigenvalue weighted by Gasteiger charge is 2.72. The van der Waals surface area contributed by atoms with Gasteiger partial charge in [-0.3, -0.25) is 24.2 Å². The predicted octanol–water partition coefficient (Wildman–Crippen LogP) is 3.65. The Kier molecular flexibility index (Phi) is 6.19. The van der Waals surface area contributed by atoms with Gasteiger partial charge in [0, 0.05) is 22.7 Å². The van der Waals surface area contributed by atoms with Crippen LogP contribution < -0.4 is 0 Å². The maximum Gasteiger partial charge on any atom is 0.327 e. The average molecular weight is 445 g/mol. The van der Waals surface area contributed by atoms with Crippen molar-refractivity contribution in [3.05, 3.63) is 29.8 Å². The highest BCUT2D eigenvalue weighted by Crippen LogP contribution is 2.58. The molecule has 1 aromatic carbocycles. The fraction of sp³-hybridized carbons (Fsp3) is 0.625. The van der Waals surface area contributed by atoms with E-state index in [0.717, 1.165) is 24.8 Å². The molecule has 168 valence electrons. The summed E-state index contributed by atoms with van der Waals surface area (Å²) in [6, 6.07) is 8.05. The summed E-state index contributed by atoms with van der Waals surface area (Å²) in [6.07, 6.45) is 3.43. The molecule has 0 N–H and O–H groups in total. The second-order valence-corrected chi connectivity index (χ2v) is 10.4. The summed E-state index contributed by atoms with van der Waals surface area (Å²) in [5.41, 5.74) is -0.0568. The van der Waals surface area contributed by atoms with Crippen LogP contribution in [0.4, 0.5) is 0 Å². The molecule has 3 heterocycles. The van der Waals surface area contributed by atoms with Gasteiger partial charge in [-0.15, -0.1) is 11.8 Å². The summed E-state index contributed by atoms with van der Waals surface area (Å²) in [5, 5.41) is 0.530. The summed E-state index contributed by atoms with van der Waals surface area (Å²) in [6.45, 7) is 7.22. The van der Waals surface area contributed by atoms with Crippen molar-refractivity contribution >= 4 is 29.5 Å². The molecule has 3 aliphatic rings. The fourth-order valence-electron chi connectivity index (χ4n) is 5.79. The average Bonchev–Trinajstić information content (AvgIpc) is 3.24. The van der Waals surface area contributed by atoms with Crippen LogP contribution in [0.25, 0.3) is 0 Å². The molecular formula is C24H32N2O4S. The number of piperidine rings is 1. The van der Waals surface area contributed by atoms with Gasteiger partial charge in [-0.1, -0.05) is 26.0 Å². The minimum atomic E-state index is -1.05. The number of methoxy groups -OCH3 is 1. The second kappa shape index (κ2) is 8.58. The van der Waals surface area contributed by atoms with Gasteiger partial charge in [0.2, 0.25) is 11.8 Å². The molecule has 4 unspecified atom stereocenters. The number of hydrogen-bond donors (Lipinski definition) is 0. The summed E-state index contributed by atoms with van der Waals surface area (Å²) >= 11 is 1.83. The lowest BCUT2D eigenvalue weighted by atomic mass is 9.75. The molecule has 4 rings (SSSR count). The summed E-state index contributed by atoms with van der Waals surface area (Å²) in [7, 11) is 1.38. The summed E-state index contributed by atoms with van der Waals surface area (Å²) in [5.74, 6) is -1.98. The molecule has 0 bridgehead atoms. The lowest BCUT2D eigenvalue weighted by molar-refractivity contribution is -0.164. The van der Waals surface area contributed by atoms with Crippen molar-refractivity contribution in [2.75, 3.05) is 20.2 Å². The molecule has 3 saturated heterocycles. The van der Waals surface area contributed by atoms with E-state index in [1.54, 1.807) is 0 Å². The van der Waals surface area contributed by atoms with E-state index >= 15 is 0 Å². The largest absolute Gasteiger partial charge is 0.468 e. The molecule has 5 atom stereocenters. The van der Waals surface area contributed by atoms with Gasteiger partial charge in [0.25, 0.3) is 0 Å². The molecule has 0 radical (unpaired) electrons. The van der Waals surface area contributed by atoms with Crippen molar-refractivity contribution in [3.63, 3.8) is 0 Å². The Labute approximate surface area is 188 Å². The number of carbonyl (C=O) groups is 3. The molecule has 0 saturated carbocycles. The quantitative estimate of drug-likeness (QED) is 0.379.